The molecule has 3 saturated heterocycles. The molecular formula is C35H41NO9. The summed E-state index contributed by atoms with van der Waals surface area (Å²) in [6.07, 6.45) is -3.06. The molecule has 10 heteroatoms. The van der Waals surface area contributed by atoms with Crippen LogP contribution in [0.3, 0.4) is 0 Å². The number of piperidine rings is 2. The van der Waals surface area contributed by atoms with Crippen LogP contribution >= 0.6 is 0 Å². The van der Waals surface area contributed by atoms with Crippen molar-refractivity contribution in [2.75, 3.05) is 6.54 Å². The topological polar surface area (TPSA) is 129 Å². The Morgan fingerprint density at radius 3 is 2.29 bits per heavy atom. The molecule has 1 aromatic carbocycles. The van der Waals surface area contributed by atoms with E-state index in [9.17, 15) is 24.3 Å². The van der Waals surface area contributed by atoms with Gasteiger partial charge in [0.2, 0.25) is 0 Å². The molecule has 6 saturated carbocycles. The maximum Gasteiger partial charge on any atom is 0.338 e. The monoisotopic (exact) mass is 619 g/mol. The van der Waals surface area contributed by atoms with E-state index in [2.05, 4.69) is 18.4 Å². The van der Waals surface area contributed by atoms with E-state index >= 15 is 0 Å². The number of benzene rings is 1. The molecule has 9 fully saturated rings. The van der Waals surface area contributed by atoms with Crippen molar-refractivity contribution in [1.82, 2.24) is 4.90 Å². The first-order valence-corrected chi connectivity index (χ1v) is 16.2. The average Bonchev–Trinajstić information content (AvgIpc) is 3.42. The lowest BCUT2D eigenvalue weighted by Gasteiger charge is -2.67. The molecule has 9 bridgehead atoms. The standard InChI is InChI=1S/C35H41NO9/c1-15(2)31(40)45-29-23(39)30(43-18(5)38)35-26-20-13-34-12-16(3)21(25(27(34)35)42-17(4)37)24(44-32(41)19-10-8-7-9-11-19)22(34)28(35)36(20)14-33(26,29)6/h7-11,15,20-30,39H,3,12-14H2,1-2,4-6H3. The third kappa shape index (κ3) is 3.32. The largest absolute Gasteiger partial charge is 0.461 e. The minimum Gasteiger partial charge on any atom is -0.461 e. The summed E-state index contributed by atoms with van der Waals surface area (Å²) in [6, 6.07) is 8.73. The molecular weight excluding hydrogens is 578 g/mol. The molecule has 0 aromatic heterocycles. The molecule has 3 heterocycles. The van der Waals surface area contributed by atoms with Crippen LogP contribution in [0, 0.1) is 45.8 Å². The van der Waals surface area contributed by atoms with Gasteiger partial charge in [0, 0.05) is 55.1 Å². The summed E-state index contributed by atoms with van der Waals surface area (Å²) in [6.45, 7) is 13.3. The van der Waals surface area contributed by atoms with Gasteiger partial charge in [-0.15, -0.1) is 0 Å². The molecule has 2 spiro atoms. The zero-order valence-corrected chi connectivity index (χ0v) is 26.3. The number of hydrogen-bond donors (Lipinski definition) is 1. The Balaban J connectivity index is 1.32. The van der Waals surface area contributed by atoms with Gasteiger partial charge in [0.25, 0.3) is 0 Å². The van der Waals surface area contributed by atoms with Crippen LogP contribution in [-0.2, 0) is 33.3 Å². The van der Waals surface area contributed by atoms with Crippen molar-refractivity contribution in [3.05, 3.63) is 48.0 Å². The minimum absolute atomic E-state index is 0.0733. The fraction of sp³-hybridized carbons (Fsp3) is 0.657. The fourth-order valence-electron chi connectivity index (χ4n) is 12.5. The van der Waals surface area contributed by atoms with Gasteiger partial charge < -0.3 is 24.1 Å². The molecule has 9 aliphatic rings. The number of rotatable bonds is 6. The Kier molecular flexibility index (Phi) is 5.96. The summed E-state index contributed by atoms with van der Waals surface area (Å²) in [5.41, 5.74) is -0.579. The predicted octanol–water partition coefficient (Wildman–Crippen LogP) is 2.92. The normalized spacial score (nSPS) is 48.8. The Morgan fingerprint density at radius 1 is 0.956 bits per heavy atom. The summed E-state index contributed by atoms with van der Waals surface area (Å²) in [5.74, 6) is -3.25. The van der Waals surface area contributed by atoms with Gasteiger partial charge in [-0.05, 0) is 36.3 Å². The molecule has 6 aliphatic carbocycles. The predicted molar refractivity (Wildman–Crippen MR) is 157 cm³/mol. The highest BCUT2D eigenvalue weighted by atomic mass is 16.6. The molecule has 1 N–H and O–H groups in total. The highest BCUT2D eigenvalue weighted by Crippen LogP contribution is 2.87. The first kappa shape index (κ1) is 29.2. The first-order chi connectivity index (χ1) is 21.3. The van der Waals surface area contributed by atoms with Crippen LogP contribution in [0.25, 0.3) is 0 Å². The number of esters is 4. The van der Waals surface area contributed by atoms with Crippen LogP contribution in [0.1, 0.15) is 57.8 Å². The minimum atomic E-state index is -1.29. The van der Waals surface area contributed by atoms with Crippen LogP contribution in [0.5, 0.6) is 0 Å². The summed E-state index contributed by atoms with van der Waals surface area (Å²) >= 11 is 0. The number of aliphatic hydroxyl groups is 1. The molecule has 45 heavy (non-hydrogen) atoms. The second-order valence-electron chi connectivity index (χ2n) is 15.3. The summed E-state index contributed by atoms with van der Waals surface area (Å²) in [5, 5.41) is 12.2. The number of carbonyl (C=O) groups is 4. The van der Waals surface area contributed by atoms with E-state index in [1.165, 1.54) is 13.8 Å². The van der Waals surface area contributed by atoms with Gasteiger partial charge in [0.05, 0.1) is 17.4 Å². The molecule has 15 atom stereocenters. The van der Waals surface area contributed by atoms with Crippen molar-refractivity contribution < 1.29 is 43.2 Å². The van der Waals surface area contributed by atoms with E-state index in [-0.39, 0.29) is 29.8 Å². The summed E-state index contributed by atoms with van der Waals surface area (Å²) in [4.78, 5) is 54.8. The second kappa shape index (κ2) is 9.18. The highest BCUT2D eigenvalue weighted by molar-refractivity contribution is 5.89. The SMILES string of the molecule is C=C1CC23CC4C5C6(C)CN4C4C2C(OC(=O)c2ccccc2)C1C(OC(C)=O)C3C45C(OC(C)=O)C(O)C6OC(=O)C(C)C. The third-order valence-electron chi connectivity index (χ3n) is 12.9. The third-order valence-corrected chi connectivity index (χ3v) is 12.9. The molecule has 0 radical (unpaired) electrons. The van der Waals surface area contributed by atoms with Crippen LogP contribution in [0.2, 0.25) is 0 Å². The fourth-order valence-corrected chi connectivity index (χ4v) is 12.5. The van der Waals surface area contributed by atoms with Gasteiger partial charge in [-0.1, -0.05) is 51.1 Å². The smallest absolute Gasteiger partial charge is 0.338 e. The van der Waals surface area contributed by atoms with Crippen molar-refractivity contribution in [1.29, 1.82) is 0 Å². The maximum atomic E-state index is 13.7. The van der Waals surface area contributed by atoms with Gasteiger partial charge >= 0.3 is 23.9 Å². The van der Waals surface area contributed by atoms with Crippen molar-refractivity contribution >= 4 is 23.9 Å². The van der Waals surface area contributed by atoms with E-state index in [0.29, 0.717) is 18.5 Å². The van der Waals surface area contributed by atoms with Crippen molar-refractivity contribution in [2.45, 2.75) is 90.1 Å². The van der Waals surface area contributed by atoms with Crippen LogP contribution in [0.4, 0.5) is 0 Å². The number of hydrogen-bond acceptors (Lipinski definition) is 10. The zero-order chi connectivity index (χ0) is 32.0. The van der Waals surface area contributed by atoms with Gasteiger partial charge in [0.15, 0.2) is 0 Å². The molecule has 240 valence electrons. The van der Waals surface area contributed by atoms with Crippen molar-refractivity contribution in [2.24, 2.45) is 45.8 Å². The lowest BCUT2D eigenvalue weighted by atomic mass is 9.38. The van der Waals surface area contributed by atoms with E-state index in [1.807, 2.05) is 6.07 Å². The Hall–Kier alpha value is -3.24. The van der Waals surface area contributed by atoms with Gasteiger partial charge in [-0.25, -0.2) is 4.79 Å². The average molecular weight is 620 g/mol. The molecule has 15 unspecified atom stereocenters. The van der Waals surface area contributed by atoms with E-state index < -0.39 is 82.5 Å². The number of nitrogens with zero attached hydrogens (tertiary/aromatic N) is 1. The van der Waals surface area contributed by atoms with Crippen molar-refractivity contribution in [3.8, 4) is 0 Å². The van der Waals surface area contributed by atoms with Crippen LogP contribution < -0.4 is 0 Å². The molecule has 1 aromatic rings. The van der Waals surface area contributed by atoms with Crippen LogP contribution in [-0.4, -0.2) is 83.0 Å². The lowest BCUT2D eigenvalue weighted by Crippen LogP contribution is -2.75. The molecule has 10 rings (SSSR count). The molecule has 10 nitrogen and oxygen atoms in total. The molecule has 0 amide bonds. The highest BCUT2D eigenvalue weighted by Gasteiger charge is 2.95. The number of carbonyl (C=O) groups excluding carboxylic acids is 4. The Morgan fingerprint density at radius 2 is 1.64 bits per heavy atom. The number of fused-ring (bicyclic) bond motifs is 1. The van der Waals surface area contributed by atoms with Gasteiger partial charge in [-0.3, -0.25) is 19.3 Å². The first-order valence-electron chi connectivity index (χ1n) is 16.2. The Bertz CT molecular complexity index is 1530. The number of aliphatic hydroxyl groups excluding tert-OH is 1. The zero-order valence-electron chi connectivity index (χ0n) is 26.3. The molecule has 3 aliphatic heterocycles. The quantitative estimate of drug-likeness (QED) is 0.288. The van der Waals surface area contributed by atoms with Gasteiger partial charge in [0.1, 0.15) is 30.5 Å². The lowest BCUT2D eigenvalue weighted by molar-refractivity contribution is -0.282. The van der Waals surface area contributed by atoms with Crippen LogP contribution in [0.15, 0.2) is 42.5 Å². The number of ether oxygens (including phenoxy) is 4. The van der Waals surface area contributed by atoms with Crippen molar-refractivity contribution in [3.63, 3.8) is 0 Å². The van der Waals surface area contributed by atoms with E-state index in [1.54, 1.807) is 38.1 Å². The Labute approximate surface area is 262 Å². The second-order valence-corrected chi connectivity index (χ2v) is 15.3. The van der Waals surface area contributed by atoms with Gasteiger partial charge in [-0.2, -0.15) is 0 Å². The summed E-state index contributed by atoms with van der Waals surface area (Å²) in [7, 11) is 0. The van der Waals surface area contributed by atoms with E-state index in [0.717, 1.165) is 12.0 Å². The van der Waals surface area contributed by atoms with E-state index in [4.69, 9.17) is 18.9 Å². The maximum absolute atomic E-state index is 13.7. The summed E-state index contributed by atoms with van der Waals surface area (Å²) < 4.78 is 25.0.